The van der Waals surface area contributed by atoms with Gasteiger partial charge in [-0.25, -0.2) is 17.8 Å². The first kappa shape index (κ1) is 19.2. The van der Waals surface area contributed by atoms with Gasteiger partial charge in [0.05, 0.1) is 15.1 Å². The first-order valence-corrected chi connectivity index (χ1v) is 10.6. The molecule has 2 aromatic carbocycles. The molecule has 0 bridgehead atoms. The monoisotopic (exact) mass is 408 g/mol. The summed E-state index contributed by atoms with van der Waals surface area (Å²) < 4.78 is 42.6. The summed E-state index contributed by atoms with van der Waals surface area (Å²) in [6.07, 6.45) is 1.13. The Labute approximate surface area is 159 Å². The summed E-state index contributed by atoms with van der Waals surface area (Å²) in [7, 11) is -3.32. The van der Waals surface area contributed by atoms with Crippen molar-refractivity contribution in [1.29, 1.82) is 0 Å². The van der Waals surface area contributed by atoms with Crippen molar-refractivity contribution in [2.75, 3.05) is 11.6 Å². The number of ether oxygens (including phenoxy) is 1. The van der Waals surface area contributed by atoms with Gasteiger partial charge in [-0.2, -0.15) is 0 Å². The summed E-state index contributed by atoms with van der Waals surface area (Å²) in [5.41, 5.74) is -0.645. The number of carbonyl (C=O) groups is 1. The molecule has 0 aliphatic carbocycles. The van der Waals surface area contributed by atoms with Gasteiger partial charge in [-0.05, 0) is 56.3 Å². The van der Waals surface area contributed by atoms with Crippen molar-refractivity contribution in [3.8, 4) is 5.75 Å². The number of fused-ring (bicyclic) bond motifs is 1. The first-order chi connectivity index (χ1) is 12.5. The van der Waals surface area contributed by atoms with Crippen LogP contribution in [-0.4, -0.2) is 31.2 Å². The zero-order valence-corrected chi connectivity index (χ0v) is 16.4. The molecule has 0 saturated carbocycles. The Morgan fingerprint density at radius 2 is 1.85 bits per heavy atom. The normalized spacial score (nSPS) is 12.1. The first-order valence-electron chi connectivity index (χ1n) is 7.91. The van der Waals surface area contributed by atoms with E-state index in [1.807, 2.05) is 0 Å². The minimum atomic E-state index is -3.32. The number of carbonyl (C=O) groups excluding carboxylic acids is 1. The maximum absolute atomic E-state index is 13.0. The second kappa shape index (κ2) is 6.90. The number of nitrogens with one attached hydrogen (secondary N) is 1. The molecule has 1 N–H and O–H groups in total. The van der Waals surface area contributed by atoms with E-state index in [0.717, 1.165) is 6.26 Å². The van der Waals surface area contributed by atoms with Gasteiger partial charge in [0.25, 0.3) is 5.91 Å². The van der Waals surface area contributed by atoms with Crippen LogP contribution in [0.1, 0.15) is 13.8 Å². The highest BCUT2D eigenvalue weighted by Gasteiger charge is 2.31. The summed E-state index contributed by atoms with van der Waals surface area (Å²) in [6.45, 7) is 3.17. The maximum Gasteiger partial charge on any atom is 0.269 e. The minimum Gasteiger partial charge on any atom is -0.478 e. The van der Waals surface area contributed by atoms with Crippen LogP contribution in [0.4, 0.5) is 9.52 Å². The molecule has 6 nitrogen and oxygen atoms in total. The van der Waals surface area contributed by atoms with Gasteiger partial charge in [-0.3, -0.25) is 10.1 Å². The molecule has 27 heavy (non-hydrogen) atoms. The Balaban J connectivity index is 1.79. The molecule has 0 radical (unpaired) electrons. The Bertz CT molecular complexity index is 1110. The molecule has 1 amide bonds. The molecule has 0 spiro atoms. The van der Waals surface area contributed by atoms with E-state index in [0.29, 0.717) is 21.1 Å². The number of thiazole rings is 1. The van der Waals surface area contributed by atoms with E-state index in [9.17, 15) is 17.6 Å². The van der Waals surface area contributed by atoms with Crippen molar-refractivity contribution < 1.29 is 22.3 Å². The van der Waals surface area contributed by atoms with Gasteiger partial charge in [-0.15, -0.1) is 0 Å². The van der Waals surface area contributed by atoms with Crippen LogP contribution in [-0.2, 0) is 14.6 Å². The molecule has 3 aromatic rings. The average molecular weight is 408 g/mol. The Kier molecular flexibility index (Phi) is 4.92. The van der Waals surface area contributed by atoms with Crippen LogP contribution in [0.15, 0.2) is 47.4 Å². The van der Waals surface area contributed by atoms with Crippen molar-refractivity contribution in [3.05, 3.63) is 48.3 Å². The molecule has 0 fully saturated rings. The number of hydrogen-bond donors (Lipinski definition) is 1. The number of rotatable bonds is 5. The smallest absolute Gasteiger partial charge is 0.269 e. The van der Waals surface area contributed by atoms with Crippen LogP contribution in [0.5, 0.6) is 5.75 Å². The number of halogens is 1. The highest BCUT2D eigenvalue weighted by Crippen LogP contribution is 2.29. The standard InChI is InChI=1S/C18H17FN2O4S2/c1-18(2,25-12-6-4-11(19)5-7-12)16(22)21-17-20-14-9-8-13(27(3,23)24)10-15(14)26-17/h4-10H,1-3H3,(H,20,21,22). The lowest BCUT2D eigenvalue weighted by Gasteiger charge is -2.24. The molecule has 0 atom stereocenters. The van der Waals surface area contributed by atoms with E-state index in [4.69, 9.17) is 4.74 Å². The number of benzene rings is 2. The topological polar surface area (TPSA) is 85.4 Å². The van der Waals surface area contributed by atoms with E-state index in [2.05, 4.69) is 10.3 Å². The molecule has 3 rings (SSSR count). The molecular weight excluding hydrogens is 391 g/mol. The summed E-state index contributed by atoms with van der Waals surface area (Å²) in [5.74, 6) is -0.472. The summed E-state index contributed by atoms with van der Waals surface area (Å²) in [4.78, 5) is 17.1. The van der Waals surface area contributed by atoms with Gasteiger partial charge in [0, 0.05) is 6.26 Å². The molecule has 1 heterocycles. The fourth-order valence-corrected chi connectivity index (χ4v) is 3.90. The number of sulfone groups is 1. The molecule has 0 aliphatic heterocycles. The number of amides is 1. The fourth-order valence-electron chi connectivity index (χ4n) is 2.28. The van der Waals surface area contributed by atoms with Crippen LogP contribution < -0.4 is 10.1 Å². The molecule has 0 unspecified atom stereocenters. The largest absolute Gasteiger partial charge is 0.478 e. The quantitative estimate of drug-likeness (QED) is 0.697. The number of nitrogens with zero attached hydrogens (tertiary/aromatic N) is 1. The zero-order chi connectivity index (χ0) is 19.8. The highest BCUT2D eigenvalue weighted by molar-refractivity contribution is 7.90. The Morgan fingerprint density at radius 3 is 2.48 bits per heavy atom. The molecule has 0 aliphatic rings. The van der Waals surface area contributed by atoms with Gasteiger partial charge in [0.2, 0.25) is 0 Å². The van der Waals surface area contributed by atoms with E-state index in [-0.39, 0.29) is 4.90 Å². The SMILES string of the molecule is CC(C)(Oc1ccc(F)cc1)C(=O)Nc1nc2ccc(S(C)(=O)=O)cc2s1. The van der Waals surface area contributed by atoms with Crippen LogP contribution in [0.3, 0.4) is 0 Å². The third-order valence-electron chi connectivity index (χ3n) is 3.74. The van der Waals surface area contributed by atoms with Crippen molar-refractivity contribution in [3.63, 3.8) is 0 Å². The predicted octanol–water partition coefficient (Wildman–Crippen LogP) is 3.64. The van der Waals surface area contributed by atoms with Crippen molar-refractivity contribution in [2.45, 2.75) is 24.3 Å². The Morgan fingerprint density at radius 1 is 1.19 bits per heavy atom. The lowest BCUT2D eigenvalue weighted by Crippen LogP contribution is -2.42. The third kappa shape index (κ3) is 4.42. The average Bonchev–Trinajstić information content (AvgIpc) is 2.97. The maximum atomic E-state index is 13.0. The van der Waals surface area contributed by atoms with E-state index < -0.39 is 27.2 Å². The number of anilines is 1. The summed E-state index contributed by atoms with van der Waals surface area (Å²) in [6, 6.07) is 9.97. The van der Waals surface area contributed by atoms with Gasteiger partial charge < -0.3 is 4.74 Å². The molecule has 142 valence electrons. The number of hydrogen-bond acceptors (Lipinski definition) is 6. The van der Waals surface area contributed by atoms with Gasteiger partial charge in [0.1, 0.15) is 11.6 Å². The van der Waals surface area contributed by atoms with Crippen LogP contribution in [0, 0.1) is 5.82 Å². The third-order valence-corrected chi connectivity index (χ3v) is 5.79. The van der Waals surface area contributed by atoms with Gasteiger partial charge in [-0.1, -0.05) is 11.3 Å². The fraction of sp³-hybridized carbons (Fsp3) is 0.222. The summed E-state index contributed by atoms with van der Waals surface area (Å²) >= 11 is 1.17. The van der Waals surface area contributed by atoms with Gasteiger partial charge >= 0.3 is 0 Å². The van der Waals surface area contributed by atoms with Crippen molar-refractivity contribution >= 4 is 42.4 Å². The molecule has 1 aromatic heterocycles. The van der Waals surface area contributed by atoms with Crippen LogP contribution in [0.25, 0.3) is 10.2 Å². The molecular formula is C18H17FN2O4S2. The highest BCUT2D eigenvalue weighted by atomic mass is 32.2. The van der Waals surface area contributed by atoms with Gasteiger partial charge in [0.15, 0.2) is 20.6 Å². The lowest BCUT2D eigenvalue weighted by molar-refractivity contribution is -0.128. The Hall–Kier alpha value is -2.52. The van der Waals surface area contributed by atoms with Crippen LogP contribution in [0.2, 0.25) is 0 Å². The van der Waals surface area contributed by atoms with Crippen LogP contribution >= 0.6 is 11.3 Å². The van der Waals surface area contributed by atoms with Crippen molar-refractivity contribution in [2.24, 2.45) is 0 Å². The predicted molar refractivity (Wildman–Crippen MR) is 102 cm³/mol. The summed E-state index contributed by atoms with van der Waals surface area (Å²) in [5, 5.41) is 3.01. The second-order valence-corrected chi connectivity index (χ2v) is 9.49. The van der Waals surface area contributed by atoms with E-state index in [1.54, 1.807) is 19.9 Å². The number of aromatic nitrogens is 1. The molecule has 9 heteroatoms. The minimum absolute atomic E-state index is 0.191. The zero-order valence-electron chi connectivity index (χ0n) is 14.8. The van der Waals surface area contributed by atoms with E-state index >= 15 is 0 Å². The van der Waals surface area contributed by atoms with Crippen molar-refractivity contribution in [1.82, 2.24) is 4.98 Å². The molecule has 0 saturated heterocycles. The lowest BCUT2D eigenvalue weighted by atomic mass is 10.1. The second-order valence-electron chi connectivity index (χ2n) is 6.44. The van der Waals surface area contributed by atoms with E-state index in [1.165, 1.54) is 47.7 Å².